The lowest BCUT2D eigenvalue weighted by Crippen LogP contribution is -2.30. The summed E-state index contributed by atoms with van der Waals surface area (Å²) in [6, 6.07) is 12.4. The van der Waals surface area contributed by atoms with Crippen LogP contribution in [-0.2, 0) is 0 Å². The van der Waals surface area contributed by atoms with Gasteiger partial charge in [-0.15, -0.1) is 0 Å². The molecule has 0 N–H and O–H groups in total. The van der Waals surface area contributed by atoms with Crippen LogP contribution in [0.25, 0.3) is 27.4 Å². The van der Waals surface area contributed by atoms with E-state index in [9.17, 15) is 0 Å². The SMILES string of the molecule is C(=C1CCN(c2nc3ccc(-c4cncnc4)cc3s2)CC1)c1ccccn1. The van der Waals surface area contributed by atoms with Gasteiger partial charge in [0.25, 0.3) is 0 Å². The Labute approximate surface area is 167 Å². The lowest BCUT2D eigenvalue weighted by molar-refractivity contribution is 0.687. The van der Waals surface area contributed by atoms with Crippen LogP contribution in [0, 0.1) is 0 Å². The van der Waals surface area contributed by atoms with Crippen LogP contribution in [0.2, 0.25) is 0 Å². The molecule has 0 bridgehead atoms. The Bertz CT molecular complexity index is 1110. The number of thiazole rings is 1. The maximum Gasteiger partial charge on any atom is 0.186 e. The molecule has 0 atom stereocenters. The molecule has 4 heterocycles. The van der Waals surface area contributed by atoms with Gasteiger partial charge in [0.2, 0.25) is 0 Å². The Balaban J connectivity index is 1.34. The highest BCUT2D eigenvalue weighted by molar-refractivity contribution is 7.22. The van der Waals surface area contributed by atoms with Crippen molar-refractivity contribution in [2.24, 2.45) is 0 Å². The lowest BCUT2D eigenvalue weighted by Gasteiger charge is -2.27. The van der Waals surface area contributed by atoms with Gasteiger partial charge in [-0.25, -0.2) is 15.0 Å². The van der Waals surface area contributed by atoms with Gasteiger partial charge >= 0.3 is 0 Å². The second kappa shape index (κ2) is 7.48. The summed E-state index contributed by atoms with van der Waals surface area (Å²) in [5.41, 5.74) is 5.71. The van der Waals surface area contributed by atoms with Crippen LogP contribution in [0.4, 0.5) is 5.13 Å². The topological polar surface area (TPSA) is 54.8 Å². The van der Waals surface area contributed by atoms with Crippen molar-refractivity contribution >= 4 is 32.8 Å². The molecule has 0 unspecified atom stereocenters. The third kappa shape index (κ3) is 3.51. The fraction of sp³-hybridized carbons (Fsp3) is 0.182. The number of hydrogen-bond donors (Lipinski definition) is 0. The van der Waals surface area contributed by atoms with Crippen molar-refractivity contribution in [3.05, 3.63) is 72.6 Å². The molecule has 1 saturated heterocycles. The highest BCUT2D eigenvalue weighted by Crippen LogP contribution is 2.34. The van der Waals surface area contributed by atoms with Crippen LogP contribution in [0.15, 0.2) is 66.9 Å². The van der Waals surface area contributed by atoms with Crippen LogP contribution in [0.3, 0.4) is 0 Å². The Hall–Kier alpha value is -3.12. The molecule has 0 spiro atoms. The summed E-state index contributed by atoms with van der Waals surface area (Å²) < 4.78 is 1.20. The number of pyridine rings is 1. The highest BCUT2D eigenvalue weighted by Gasteiger charge is 2.18. The van der Waals surface area contributed by atoms with E-state index in [1.54, 1.807) is 17.7 Å². The normalized spacial score (nSPS) is 14.4. The van der Waals surface area contributed by atoms with E-state index in [0.717, 1.165) is 53.4 Å². The predicted molar refractivity (Wildman–Crippen MR) is 114 cm³/mol. The van der Waals surface area contributed by atoms with Crippen molar-refractivity contribution in [2.45, 2.75) is 12.8 Å². The van der Waals surface area contributed by atoms with Gasteiger partial charge in [-0.2, -0.15) is 0 Å². The number of aromatic nitrogens is 4. The minimum atomic E-state index is 0.998. The average Bonchev–Trinajstić information content (AvgIpc) is 3.19. The summed E-state index contributed by atoms with van der Waals surface area (Å²) in [5.74, 6) is 0. The molecule has 28 heavy (non-hydrogen) atoms. The van der Waals surface area contributed by atoms with E-state index in [2.05, 4.69) is 50.2 Å². The van der Waals surface area contributed by atoms with Gasteiger partial charge in [0.15, 0.2) is 5.13 Å². The Morgan fingerprint density at radius 2 is 1.82 bits per heavy atom. The van der Waals surface area contributed by atoms with E-state index in [-0.39, 0.29) is 0 Å². The van der Waals surface area contributed by atoms with E-state index in [4.69, 9.17) is 4.98 Å². The number of hydrogen-bond acceptors (Lipinski definition) is 6. The van der Waals surface area contributed by atoms with Crippen molar-refractivity contribution < 1.29 is 0 Å². The third-order valence-corrected chi connectivity index (χ3v) is 6.07. The van der Waals surface area contributed by atoms with Crippen molar-refractivity contribution in [1.29, 1.82) is 0 Å². The molecule has 0 saturated carbocycles. The fourth-order valence-corrected chi connectivity index (χ4v) is 4.53. The van der Waals surface area contributed by atoms with Crippen molar-refractivity contribution in [1.82, 2.24) is 19.9 Å². The van der Waals surface area contributed by atoms with E-state index in [0.29, 0.717) is 0 Å². The fourth-order valence-electron chi connectivity index (χ4n) is 3.48. The van der Waals surface area contributed by atoms with Gasteiger partial charge < -0.3 is 4.90 Å². The van der Waals surface area contributed by atoms with Crippen LogP contribution >= 0.6 is 11.3 Å². The second-order valence-electron chi connectivity index (χ2n) is 6.85. The first-order valence-corrected chi connectivity index (χ1v) is 10.2. The van der Waals surface area contributed by atoms with Crippen molar-refractivity contribution in [2.75, 3.05) is 18.0 Å². The monoisotopic (exact) mass is 385 g/mol. The van der Waals surface area contributed by atoms with Crippen molar-refractivity contribution in [3.63, 3.8) is 0 Å². The zero-order valence-corrected chi connectivity index (χ0v) is 16.1. The number of benzene rings is 1. The maximum atomic E-state index is 4.86. The molecule has 6 heteroatoms. The first-order chi connectivity index (χ1) is 13.8. The summed E-state index contributed by atoms with van der Waals surface area (Å²) in [5, 5.41) is 1.10. The van der Waals surface area contributed by atoms with E-state index < -0.39 is 0 Å². The average molecular weight is 385 g/mol. The van der Waals surface area contributed by atoms with Gasteiger partial charge in [0.1, 0.15) is 6.33 Å². The molecular formula is C22H19N5S. The minimum absolute atomic E-state index is 0.998. The summed E-state index contributed by atoms with van der Waals surface area (Å²) in [4.78, 5) is 19.9. The summed E-state index contributed by atoms with van der Waals surface area (Å²) in [7, 11) is 0. The first-order valence-electron chi connectivity index (χ1n) is 9.36. The lowest BCUT2D eigenvalue weighted by atomic mass is 10.0. The molecule has 0 amide bonds. The number of piperidine rings is 1. The second-order valence-corrected chi connectivity index (χ2v) is 7.86. The molecule has 1 aliphatic rings. The molecular weight excluding hydrogens is 366 g/mol. The smallest absolute Gasteiger partial charge is 0.186 e. The van der Waals surface area contributed by atoms with Gasteiger partial charge in [-0.3, -0.25) is 4.98 Å². The van der Waals surface area contributed by atoms with Gasteiger partial charge in [-0.05, 0) is 48.7 Å². The van der Waals surface area contributed by atoms with Crippen molar-refractivity contribution in [3.8, 4) is 11.1 Å². The van der Waals surface area contributed by atoms with Crippen LogP contribution in [0.1, 0.15) is 18.5 Å². The molecule has 1 aliphatic heterocycles. The molecule has 3 aromatic heterocycles. The van der Waals surface area contributed by atoms with Crippen LogP contribution in [0.5, 0.6) is 0 Å². The Morgan fingerprint density at radius 3 is 2.61 bits per heavy atom. The van der Waals surface area contributed by atoms with Gasteiger partial charge in [0, 0.05) is 37.2 Å². The van der Waals surface area contributed by atoms with E-state index in [1.807, 2.05) is 30.7 Å². The molecule has 0 aliphatic carbocycles. The maximum absolute atomic E-state index is 4.86. The van der Waals surface area contributed by atoms with Gasteiger partial charge in [-0.1, -0.05) is 29.0 Å². The number of anilines is 1. The van der Waals surface area contributed by atoms with E-state index >= 15 is 0 Å². The Kier molecular flexibility index (Phi) is 4.54. The minimum Gasteiger partial charge on any atom is -0.347 e. The quantitative estimate of drug-likeness (QED) is 0.505. The van der Waals surface area contributed by atoms with Crippen LogP contribution in [-0.4, -0.2) is 33.0 Å². The number of fused-ring (bicyclic) bond motifs is 1. The standard InChI is InChI=1S/C22H19N5S/c1-2-8-25-19(3-1)11-16-6-9-27(10-7-16)22-26-20-5-4-17(12-21(20)28-22)18-13-23-15-24-14-18/h1-5,8,11-15H,6-7,9-10H2. The zero-order valence-electron chi connectivity index (χ0n) is 15.3. The largest absolute Gasteiger partial charge is 0.347 e. The van der Waals surface area contributed by atoms with Gasteiger partial charge in [0.05, 0.1) is 15.9 Å². The number of nitrogens with zero attached hydrogens (tertiary/aromatic N) is 5. The molecule has 5 nitrogen and oxygen atoms in total. The first kappa shape index (κ1) is 17.0. The Morgan fingerprint density at radius 1 is 0.964 bits per heavy atom. The van der Waals surface area contributed by atoms with E-state index in [1.165, 1.54) is 10.3 Å². The molecule has 138 valence electrons. The summed E-state index contributed by atoms with van der Waals surface area (Å²) >= 11 is 1.76. The summed E-state index contributed by atoms with van der Waals surface area (Å²) in [6.07, 6.45) is 11.4. The molecule has 5 rings (SSSR count). The zero-order chi connectivity index (χ0) is 18.8. The van der Waals surface area contributed by atoms with Crippen LogP contribution < -0.4 is 4.90 Å². The predicted octanol–water partition coefficient (Wildman–Crippen LogP) is 4.83. The number of rotatable bonds is 3. The summed E-state index contributed by atoms with van der Waals surface area (Å²) in [6.45, 7) is 2.00. The molecule has 1 fully saturated rings. The molecule has 1 aromatic carbocycles. The third-order valence-electron chi connectivity index (χ3n) is 4.99. The highest BCUT2D eigenvalue weighted by atomic mass is 32.1. The molecule has 0 radical (unpaired) electrons. The molecule has 4 aromatic rings.